The van der Waals surface area contributed by atoms with Gasteiger partial charge in [0.25, 0.3) is 0 Å². The van der Waals surface area contributed by atoms with Crippen molar-refractivity contribution in [1.82, 2.24) is 35.0 Å². The van der Waals surface area contributed by atoms with E-state index in [1.165, 1.54) is 16.8 Å². The molecular weight excluding hydrogens is 1140 g/mol. The van der Waals surface area contributed by atoms with Gasteiger partial charge >= 0.3 is 6.09 Å². The second kappa shape index (κ2) is 23.2. The monoisotopic (exact) mass is 1220 g/mol. The van der Waals surface area contributed by atoms with Gasteiger partial charge in [0.1, 0.15) is 22.9 Å². The first-order valence-electron chi connectivity index (χ1n) is 30.4. The Hall–Kier alpha value is -6.45. The minimum atomic E-state index is -3.44. The van der Waals surface area contributed by atoms with Crippen LogP contribution in [0.3, 0.4) is 0 Å². The van der Waals surface area contributed by atoms with Crippen molar-refractivity contribution in [3.63, 3.8) is 0 Å². The summed E-state index contributed by atoms with van der Waals surface area (Å²) >= 11 is 0. The number of carbonyl (C=O) groups excluding carboxylic acids is 1. The number of nitrogens with zero attached hydrogens (tertiary/aromatic N) is 12. The van der Waals surface area contributed by atoms with Gasteiger partial charge in [-0.05, 0) is 130 Å². The molecule has 4 N–H and O–H groups in total. The van der Waals surface area contributed by atoms with Crippen molar-refractivity contribution in [2.45, 2.75) is 148 Å². The SMILES string of the molecule is C[C@@H]1OCC2(CCN(c3cnc4c(N5CCCc6c(NS(C)(=O)=O)cccc65)nn(C5CCCCO5)c4n3)CC2)[C@@H]1NC(=O)OC(C)(C)C.C[C@@H]1OCC2(CCN(c3cnc4c(n3)CN=C4N3CCCc4c3cccc4N(C)S(C)(=O)=O)CC2)[C@@H]1N. The van der Waals surface area contributed by atoms with Crippen molar-refractivity contribution >= 4 is 83.3 Å². The quantitative estimate of drug-likeness (QED) is 0.137. The predicted molar refractivity (Wildman–Crippen MR) is 332 cm³/mol. The summed E-state index contributed by atoms with van der Waals surface area (Å²) in [6.45, 7) is 16.9. The van der Waals surface area contributed by atoms with E-state index in [9.17, 15) is 21.6 Å². The molecule has 2 aromatic carbocycles. The van der Waals surface area contributed by atoms with Crippen LogP contribution in [0.2, 0.25) is 0 Å². The summed E-state index contributed by atoms with van der Waals surface area (Å²) < 4.78 is 78.5. The molecule has 5 aromatic rings. The van der Waals surface area contributed by atoms with Crippen molar-refractivity contribution in [2.75, 3.05) is 107 Å². The molecule has 8 aliphatic rings. The molecular formula is C60H83N15O9S2. The van der Waals surface area contributed by atoms with E-state index in [2.05, 4.69) is 36.6 Å². The number of anilines is 7. The summed E-state index contributed by atoms with van der Waals surface area (Å²) in [4.78, 5) is 46.5. The van der Waals surface area contributed by atoms with Gasteiger partial charge < -0.3 is 49.6 Å². The van der Waals surface area contributed by atoms with Crippen LogP contribution in [0.15, 0.2) is 53.8 Å². The Morgan fingerprint density at radius 2 is 1.42 bits per heavy atom. The summed E-state index contributed by atoms with van der Waals surface area (Å²) in [5, 5.41) is 8.25. The topological polar surface area (TPSA) is 270 Å². The molecule has 1 unspecified atom stereocenters. The first kappa shape index (κ1) is 59.9. The highest BCUT2D eigenvalue weighted by molar-refractivity contribution is 7.92. The highest BCUT2D eigenvalue weighted by atomic mass is 32.2. The smallest absolute Gasteiger partial charge is 0.407 e. The van der Waals surface area contributed by atoms with Crippen molar-refractivity contribution in [3.8, 4) is 0 Å². The first-order valence-corrected chi connectivity index (χ1v) is 34.2. The predicted octanol–water partition coefficient (Wildman–Crippen LogP) is 6.80. The minimum absolute atomic E-state index is 0.0715. The molecule has 5 atom stereocenters. The van der Waals surface area contributed by atoms with Gasteiger partial charge in [-0.15, -0.1) is 5.10 Å². The number of benzene rings is 2. The maximum atomic E-state index is 12.7. The number of amides is 1. The van der Waals surface area contributed by atoms with Crippen LogP contribution in [0.4, 0.5) is 45.0 Å². The third-order valence-corrected chi connectivity index (χ3v) is 20.6. The fraction of sp³-hybridized carbons (Fsp3) is 0.617. The molecule has 5 fully saturated rings. The second-order valence-electron chi connectivity index (χ2n) is 25.7. The molecule has 26 heteroatoms. The molecule has 0 saturated carbocycles. The normalized spacial score (nSPS) is 24.4. The van der Waals surface area contributed by atoms with E-state index in [-0.39, 0.29) is 41.3 Å². The molecule has 8 aliphatic heterocycles. The lowest BCUT2D eigenvalue weighted by Crippen LogP contribution is -2.55. The molecule has 13 rings (SSSR count). The lowest BCUT2D eigenvalue weighted by Gasteiger charge is -2.42. The number of carbonyl (C=O) groups is 1. The fourth-order valence-corrected chi connectivity index (χ4v) is 15.2. The van der Waals surface area contributed by atoms with E-state index < -0.39 is 31.7 Å². The second-order valence-corrected chi connectivity index (χ2v) is 29.5. The number of aromatic nitrogens is 6. The highest BCUT2D eigenvalue weighted by Crippen LogP contribution is 2.46. The van der Waals surface area contributed by atoms with Crippen LogP contribution in [0.25, 0.3) is 11.2 Å². The third kappa shape index (κ3) is 11.8. The Bertz CT molecular complexity index is 3630. The van der Waals surface area contributed by atoms with E-state index >= 15 is 0 Å². The number of aliphatic imine (C=N–C) groups is 1. The highest BCUT2D eigenvalue weighted by Gasteiger charge is 2.51. The molecule has 86 heavy (non-hydrogen) atoms. The lowest BCUT2D eigenvalue weighted by atomic mass is 9.73. The van der Waals surface area contributed by atoms with Gasteiger partial charge in [0.15, 0.2) is 29.0 Å². The minimum Gasteiger partial charge on any atom is -0.444 e. The Kier molecular flexibility index (Phi) is 16.2. The van der Waals surface area contributed by atoms with E-state index in [0.717, 1.165) is 167 Å². The van der Waals surface area contributed by atoms with Gasteiger partial charge in [0.05, 0.1) is 80.0 Å². The molecule has 5 saturated heterocycles. The number of nitrogens with one attached hydrogen (secondary N) is 2. The summed E-state index contributed by atoms with van der Waals surface area (Å²) in [7, 11) is -5.19. The Balaban J connectivity index is 0.000000175. The zero-order valence-electron chi connectivity index (χ0n) is 50.8. The van der Waals surface area contributed by atoms with Crippen molar-refractivity contribution < 1.29 is 40.6 Å². The molecule has 1 amide bonds. The van der Waals surface area contributed by atoms with Crippen LogP contribution in [-0.2, 0) is 58.4 Å². The zero-order chi connectivity index (χ0) is 60.5. The van der Waals surface area contributed by atoms with Gasteiger partial charge in [-0.1, -0.05) is 12.1 Å². The Morgan fingerprint density at radius 3 is 2.08 bits per heavy atom. The van der Waals surface area contributed by atoms with Crippen LogP contribution in [-0.4, -0.2) is 167 Å². The summed E-state index contributed by atoms with van der Waals surface area (Å²) in [5.41, 5.74) is 14.0. The molecule has 2 spiro atoms. The van der Waals surface area contributed by atoms with Crippen molar-refractivity contribution in [3.05, 3.63) is 71.3 Å². The van der Waals surface area contributed by atoms with Gasteiger partial charge in [0.2, 0.25) is 20.0 Å². The molecule has 0 radical (unpaired) electrons. The number of hydrogen-bond acceptors (Lipinski definition) is 20. The first-order chi connectivity index (χ1) is 41.0. The maximum absolute atomic E-state index is 12.7. The van der Waals surface area contributed by atoms with Crippen LogP contribution >= 0.6 is 0 Å². The largest absolute Gasteiger partial charge is 0.444 e. The third-order valence-electron chi connectivity index (χ3n) is 18.8. The molecule has 0 bridgehead atoms. The number of amidine groups is 1. The van der Waals surface area contributed by atoms with Crippen LogP contribution in [0.5, 0.6) is 0 Å². The van der Waals surface area contributed by atoms with E-state index in [1.807, 2.05) is 75.1 Å². The number of sulfonamides is 2. The summed E-state index contributed by atoms with van der Waals surface area (Å²) in [6, 6.07) is 11.4. The number of fused-ring (bicyclic) bond motifs is 4. The van der Waals surface area contributed by atoms with Crippen molar-refractivity contribution in [2.24, 2.45) is 21.6 Å². The van der Waals surface area contributed by atoms with E-state index in [0.29, 0.717) is 49.0 Å². The van der Waals surface area contributed by atoms with Crippen molar-refractivity contribution in [1.29, 1.82) is 0 Å². The molecule has 24 nitrogen and oxygen atoms in total. The Morgan fingerprint density at radius 1 is 0.779 bits per heavy atom. The van der Waals surface area contributed by atoms with E-state index in [4.69, 9.17) is 54.7 Å². The number of ether oxygens (including phenoxy) is 4. The number of rotatable bonds is 9. The standard InChI is InChI=1S/C34H48N8O6S.C26H35N7O3S/c1-22-29(37-32(43)48-33(2,3)4)34(21-47-22)14-17-40(18-15-34)26-20-35-28-30(36-26)42(27-13-6-7-19-46-27)38-31(28)41-16-9-10-23-24(39-49(5,44)45)11-8-12-25(23)41;1-17-24(27)26(16-36-17)9-12-32(13-10-26)22-15-28-23-19(30-22)14-29-25(23)33-11-5-6-18-20(7-4-8-21(18)33)31(2)37(3,34)35/h8,11-12,20,22,27,29,39H,6-7,9-10,13-19,21H2,1-5H3,(H,37,43);4,7-8,15,17,24H,5-6,9-14,16,27H2,1-3H3/t22-,27?,29+;17-,24+/m00/s1. The lowest BCUT2D eigenvalue weighted by molar-refractivity contribution is -0.0368. The molecule has 3 aromatic heterocycles. The van der Waals surface area contributed by atoms with E-state index in [1.54, 1.807) is 13.1 Å². The number of piperidine rings is 2. The molecule has 464 valence electrons. The van der Waals surface area contributed by atoms with Gasteiger partial charge in [-0.2, -0.15) is 0 Å². The van der Waals surface area contributed by atoms with Gasteiger partial charge in [-0.3, -0.25) is 14.0 Å². The molecule has 0 aliphatic carbocycles. The van der Waals surface area contributed by atoms with Gasteiger partial charge in [0, 0.05) is 92.3 Å². The maximum Gasteiger partial charge on any atom is 0.407 e. The van der Waals surface area contributed by atoms with Gasteiger partial charge in [-0.25, -0.2) is 46.2 Å². The summed E-state index contributed by atoms with van der Waals surface area (Å²) in [5.74, 6) is 3.16. The fourth-order valence-electron chi connectivity index (χ4n) is 14.1. The number of hydrogen-bond donors (Lipinski definition) is 3. The average molecular weight is 1220 g/mol. The number of alkyl carbamates (subject to hydrolysis) is 1. The number of nitrogens with two attached hydrogens (primary N) is 1. The Labute approximate surface area is 504 Å². The van der Waals surface area contributed by atoms with Crippen LogP contribution < -0.4 is 39.7 Å². The molecule has 11 heterocycles. The average Bonchev–Trinajstić information content (AvgIpc) is 1.84. The van der Waals surface area contributed by atoms with Crippen LogP contribution in [0, 0.1) is 10.8 Å². The van der Waals surface area contributed by atoms with Crippen LogP contribution in [0.1, 0.15) is 121 Å². The zero-order valence-corrected chi connectivity index (χ0v) is 52.4. The summed E-state index contributed by atoms with van der Waals surface area (Å²) in [6.07, 6.45) is 15.2.